The van der Waals surface area contributed by atoms with Crippen molar-refractivity contribution in [3.63, 3.8) is 0 Å². The van der Waals surface area contributed by atoms with Gasteiger partial charge in [-0.25, -0.2) is 18.0 Å². The van der Waals surface area contributed by atoms with Crippen molar-refractivity contribution in [2.45, 2.75) is 12.0 Å². The number of rotatable bonds is 5. The van der Waals surface area contributed by atoms with Crippen LogP contribution in [0.1, 0.15) is 6.42 Å². The van der Waals surface area contributed by atoms with Crippen LogP contribution in [0.4, 0.5) is 5.82 Å². The second-order valence-corrected chi connectivity index (χ2v) is 9.06. The maximum atomic E-state index is 11.8. The highest BCUT2D eigenvalue weighted by Gasteiger charge is 2.47. The SMILES string of the molecule is Cn1cc(-c2cn3nccc3c(-c3cn(C4(CC#N)CN(S(C)=O)C4)nc3N)n2)cn1. The van der Waals surface area contributed by atoms with E-state index in [4.69, 9.17) is 10.7 Å². The van der Waals surface area contributed by atoms with E-state index in [0.29, 0.717) is 35.9 Å². The van der Waals surface area contributed by atoms with Gasteiger partial charge in [-0.1, -0.05) is 0 Å². The van der Waals surface area contributed by atoms with Crippen molar-refractivity contribution in [2.24, 2.45) is 7.05 Å². The molecule has 4 aromatic rings. The van der Waals surface area contributed by atoms with Gasteiger partial charge >= 0.3 is 0 Å². The smallest absolute Gasteiger partial charge is 0.155 e. The van der Waals surface area contributed by atoms with E-state index < -0.39 is 16.5 Å². The number of nitriles is 1. The molecule has 0 saturated carbocycles. The zero-order valence-electron chi connectivity index (χ0n) is 17.0. The van der Waals surface area contributed by atoms with Crippen LogP contribution in [0, 0.1) is 11.3 Å². The molecule has 2 N–H and O–H groups in total. The van der Waals surface area contributed by atoms with E-state index in [9.17, 15) is 9.47 Å². The van der Waals surface area contributed by atoms with Gasteiger partial charge in [-0.15, -0.1) is 0 Å². The third kappa shape index (κ3) is 3.09. The predicted octanol–water partition coefficient (Wildman–Crippen LogP) is 0.794. The Morgan fingerprint density at radius 1 is 1.29 bits per heavy atom. The Labute approximate surface area is 180 Å². The van der Waals surface area contributed by atoms with Crippen molar-refractivity contribution >= 4 is 22.3 Å². The maximum absolute atomic E-state index is 11.8. The minimum absolute atomic E-state index is 0.243. The topological polar surface area (TPSA) is 136 Å². The van der Waals surface area contributed by atoms with E-state index in [-0.39, 0.29) is 6.42 Å². The van der Waals surface area contributed by atoms with Gasteiger partial charge in [-0.3, -0.25) is 9.36 Å². The molecule has 4 aromatic heterocycles. The largest absolute Gasteiger partial charge is 0.382 e. The quantitative estimate of drug-likeness (QED) is 0.488. The van der Waals surface area contributed by atoms with Gasteiger partial charge in [-0.2, -0.15) is 20.6 Å². The Morgan fingerprint density at radius 2 is 2.10 bits per heavy atom. The van der Waals surface area contributed by atoms with Gasteiger partial charge in [-0.05, 0) is 6.07 Å². The fourth-order valence-electron chi connectivity index (χ4n) is 3.91. The molecule has 0 radical (unpaired) electrons. The van der Waals surface area contributed by atoms with Crippen molar-refractivity contribution in [1.29, 1.82) is 5.26 Å². The number of hydrogen-bond donors (Lipinski definition) is 1. The lowest BCUT2D eigenvalue weighted by Crippen LogP contribution is -2.62. The number of aryl methyl sites for hydroxylation is 1. The lowest BCUT2D eigenvalue weighted by Gasteiger charge is -2.47. The summed E-state index contributed by atoms with van der Waals surface area (Å²) in [5, 5.41) is 22.5. The average Bonchev–Trinajstić information content (AvgIpc) is 3.43. The first-order valence-electron chi connectivity index (χ1n) is 9.55. The third-order valence-electron chi connectivity index (χ3n) is 5.59. The number of nitrogens with zero attached hydrogens (tertiary/aromatic N) is 9. The van der Waals surface area contributed by atoms with Crippen LogP contribution in [0.15, 0.2) is 37.1 Å². The molecule has 5 rings (SSSR count). The van der Waals surface area contributed by atoms with Crippen LogP contribution in [-0.4, -0.2) is 62.0 Å². The van der Waals surface area contributed by atoms with Gasteiger partial charge in [0.05, 0.1) is 58.8 Å². The van der Waals surface area contributed by atoms with Crippen LogP contribution in [-0.2, 0) is 23.6 Å². The van der Waals surface area contributed by atoms with Crippen LogP contribution >= 0.6 is 0 Å². The lowest BCUT2D eigenvalue weighted by molar-refractivity contribution is 0.0772. The van der Waals surface area contributed by atoms with Crippen LogP contribution < -0.4 is 5.73 Å². The lowest BCUT2D eigenvalue weighted by atomic mass is 9.89. The molecule has 0 bridgehead atoms. The summed E-state index contributed by atoms with van der Waals surface area (Å²) in [5.74, 6) is 0.312. The van der Waals surface area contributed by atoms with Crippen LogP contribution in [0.3, 0.4) is 0 Å². The number of nitrogen functional groups attached to an aromatic ring is 1. The van der Waals surface area contributed by atoms with E-state index in [1.54, 1.807) is 36.8 Å². The summed E-state index contributed by atoms with van der Waals surface area (Å²) in [6.07, 6.45) is 10.9. The number of hydrogen-bond acceptors (Lipinski definition) is 7. The molecule has 5 heterocycles. The Bertz CT molecular complexity index is 1350. The summed E-state index contributed by atoms with van der Waals surface area (Å²) >= 11 is 0. The first-order chi connectivity index (χ1) is 14.9. The van der Waals surface area contributed by atoms with E-state index >= 15 is 0 Å². The minimum Gasteiger partial charge on any atom is -0.382 e. The highest BCUT2D eigenvalue weighted by atomic mass is 32.2. The number of fused-ring (bicyclic) bond motifs is 1. The molecule has 12 heteroatoms. The van der Waals surface area contributed by atoms with E-state index in [1.807, 2.05) is 31.7 Å². The Balaban J connectivity index is 1.62. The summed E-state index contributed by atoms with van der Waals surface area (Å²) in [6.45, 7) is 0.935. The Kier molecular flexibility index (Phi) is 4.38. The molecule has 1 fully saturated rings. The molecule has 0 aromatic carbocycles. The standard InChI is InChI=1S/C19H20N10OS/c1-26-8-13(7-23-26)15-10-28-16(3-6-22-28)17(24-15)14-9-29(25-18(14)21)19(4-5-20)11-27(12-19)31(2)30/h3,6-10H,4,11-12H2,1-2H3,(H2,21,25). The molecule has 1 aliphatic rings. The van der Waals surface area contributed by atoms with E-state index in [0.717, 1.165) is 11.1 Å². The van der Waals surface area contributed by atoms with Crippen molar-refractivity contribution in [3.8, 4) is 28.6 Å². The van der Waals surface area contributed by atoms with Gasteiger partial charge in [0, 0.05) is 44.4 Å². The Morgan fingerprint density at radius 3 is 2.77 bits per heavy atom. The molecule has 11 nitrogen and oxygen atoms in total. The van der Waals surface area contributed by atoms with Crippen molar-refractivity contribution in [1.82, 2.24) is 38.5 Å². The Hall–Kier alpha value is -3.56. The predicted molar refractivity (Wildman–Crippen MR) is 115 cm³/mol. The zero-order chi connectivity index (χ0) is 21.8. The maximum Gasteiger partial charge on any atom is 0.155 e. The summed E-state index contributed by atoms with van der Waals surface area (Å²) in [4.78, 5) is 4.84. The number of nitrogens with two attached hydrogens (primary N) is 1. The second kappa shape index (κ2) is 7.00. The summed E-state index contributed by atoms with van der Waals surface area (Å²) in [5.41, 5.74) is 9.40. The molecular weight excluding hydrogens is 416 g/mol. The molecule has 0 amide bonds. The monoisotopic (exact) mass is 436 g/mol. The molecular formula is C19H20N10OS. The summed E-state index contributed by atoms with van der Waals surface area (Å²) in [6, 6.07) is 4.09. The molecule has 1 atom stereocenters. The minimum atomic E-state index is -1.10. The van der Waals surface area contributed by atoms with Gasteiger partial charge in [0.1, 0.15) is 11.2 Å². The molecule has 158 valence electrons. The highest BCUT2D eigenvalue weighted by molar-refractivity contribution is 7.81. The van der Waals surface area contributed by atoms with Crippen LogP contribution in [0.2, 0.25) is 0 Å². The van der Waals surface area contributed by atoms with E-state index in [1.165, 1.54) is 0 Å². The molecule has 1 saturated heterocycles. The van der Waals surface area contributed by atoms with Gasteiger partial charge in [0.25, 0.3) is 0 Å². The summed E-state index contributed by atoms with van der Waals surface area (Å²) in [7, 11) is 0.748. The van der Waals surface area contributed by atoms with Gasteiger partial charge in [0.2, 0.25) is 0 Å². The molecule has 0 spiro atoms. The van der Waals surface area contributed by atoms with Crippen molar-refractivity contribution in [3.05, 3.63) is 37.1 Å². The molecule has 1 aliphatic heterocycles. The highest BCUT2D eigenvalue weighted by Crippen LogP contribution is 2.37. The van der Waals surface area contributed by atoms with Crippen LogP contribution in [0.25, 0.3) is 28.0 Å². The second-order valence-electron chi connectivity index (χ2n) is 7.69. The fraction of sp³-hybridized carbons (Fsp3) is 0.316. The van der Waals surface area contributed by atoms with E-state index in [2.05, 4.69) is 21.4 Å². The first kappa shape index (κ1) is 19.4. The van der Waals surface area contributed by atoms with Gasteiger partial charge in [0.15, 0.2) is 5.82 Å². The van der Waals surface area contributed by atoms with Crippen LogP contribution in [0.5, 0.6) is 0 Å². The number of anilines is 1. The average molecular weight is 437 g/mol. The summed E-state index contributed by atoms with van der Waals surface area (Å²) < 4.78 is 18.8. The molecule has 1 unspecified atom stereocenters. The number of aromatic nitrogens is 7. The third-order valence-corrected chi connectivity index (χ3v) is 6.57. The normalized spacial score (nSPS) is 16.8. The van der Waals surface area contributed by atoms with Crippen molar-refractivity contribution in [2.75, 3.05) is 25.1 Å². The molecule has 0 aliphatic carbocycles. The van der Waals surface area contributed by atoms with Crippen molar-refractivity contribution < 1.29 is 4.21 Å². The van der Waals surface area contributed by atoms with Gasteiger partial charge < -0.3 is 5.73 Å². The first-order valence-corrected chi connectivity index (χ1v) is 11.1. The zero-order valence-corrected chi connectivity index (χ0v) is 17.8. The molecule has 31 heavy (non-hydrogen) atoms. The fourth-order valence-corrected chi connectivity index (χ4v) is 4.75.